The van der Waals surface area contributed by atoms with E-state index >= 15 is 0 Å². The van der Waals surface area contributed by atoms with Gasteiger partial charge in [-0.05, 0) is 63.5 Å². The van der Waals surface area contributed by atoms with Gasteiger partial charge in [-0.25, -0.2) is 13.3 Å². The summed E-state index contributed by atoms with van der Waals surface area (Å²) in [7, 11) is 1.04. The number of hydrogen-bond donors (Lipinski definition) is 0. The molecule has 4 saturated heterocycles. The second-order valence-corrected chi connectivity index (χ2v) is 14.5. The van der Waals surface area contributed by atoms with E-state index in [4.69, 9.17) is 21.1 Å². The molecule has 9 nitrogen and oxygen atoms in total. The van der Waals surface area contributed by atoms with Crippen LogP contribution in [0.3, 0.4) is 0 Å². The average molecular weight is 549 g/mol. The van der Waals surface area contributed by atoms with Gasteiger partial charge in [-0.3, -0.25) is 9.69 Å². The second kappa shape index (κ2) is 8.32. The van der Waals surface area contributed by atoms with Gasteiger partial charge in [-0.15, -0.1) is 0 Å². The number of benzene rings is 1. The van der Waals surface area contributed by atoms with Crippen molar-refractivity contribution >= 4 is 38.2 Å². The first-order valence-electron chi connectivity index (χ1n) is 13.2. The van der Waals surface area contributed by atoms with E-state index in [1.807, 2.05) is 36.0 Å². The number of amides is 2. The SMILES string of the molecule is CN(C)CC(=O)N1CC2CC(C1)N2C(=O)OC12CC1=S(=O)(c1ccc(Cl)cc1)N1[C@H](C3CC3)COC[C@@H]12. The summed E-state index contributed by atoms with van der Waals surface area (Å²) < 4.78 is 29.5. The number of nitrogens with zero attached hydrogens (tertiary/aromatic N) is 4. The molecule has 0 radical (unpaired) electrons. The van der Waals surface area contributed by atoms with E-state index in [2.05, 4.69) is 4.31 Å². The minimum Gasteiger partial charge on any atom is -0.435 e. The van der Waals surface area contributed by atoms with E-state index < -0.39 is 15.3 Å². The predicted octanol–water partition coefficient (Wildman–Crippen LogP) is 1.69. The van der Waals surface area contributed by atoms with Crippen molar-refractivity contribution in [1.82, 2.24) is 19.0 Å². The zero-order valence-corrected chi connectivity index (χ0v) is 22.7. The van der Waals surface area contributed by atoms with Gasteiger partial charge < -0.3 is 19.3 Å². The Morgan fingerprint density at radius 3 is 2.51 bits per heavy atom. The Bertz CT molecular complexity index is 1260. The van der Waals surface area contributed by atoms with E-state index in [9.17, 15) is 13.8 Å². The molecule has 2 saturated carbocycles. The first-order valence-corrected chi connectivity index (χ1v) is 15.1. The Hall–Kier alpha value is -1.85. The van der Waals surface area contributed by atoms with Crippen molar-refractivity contribution in [2.24, 2.45) is 5.92 Å². The highest BCUT2D eigenvalue weighted by molar-refractivity contribution is 8.01. The third kappa shape index (κ3) is 3.59. The molecule has 8 rings (SSSR count). The van der Waals surface area contributed by atoms with Gasteiger partial charge in [0, 0.05) is 35.5 Å². The number of piperidine rings is 1. The van der Waals surface area contributed by atoms with Crippen molar-refractivity contribution in [2.75, 3.05) is 46.9 Å². The largest absolute Gasteiger partial charge is 0.435 e. The first kappa shape index (κ1) is 24.2. The second-order valence-electron chi connectivity index (χ2n) is 11.6. The van der Waals surface area contributed by atoms with Crippen LogP contribution >= 0.6 is 11.6 Å². The van der Waals surface area contributed by atoms with Gasteiger partial charge in [0.05, 0.1) is 52.5 Å². The van der Waals surface area contributed by atoms with Gasteiger partial charge >= 0.3 is 6.09 Å². The quantitative estimate of drug-likeness (QED) is 0.521. The standard InChI is InChI=1S/C26H33ClN4O5S/c1-28(2)13-24(32)29-11-18-9-19(12-29)30(18)25(33)36-26-10-23(26)37(34,20-7-5-17(27)6-8-20)31-21(16-3-4-16)14-35-15-22(26)31/h5-8,16,18-19,21-22H,3-4,9-15H2,1-2H3/t18?,19?,21-,22+,26?,37?/m0/s1. The summed E-state index contributed by atoms with van der Waals surface area (Å²) in [5, 5.41) is 0.600. The summed E-state index contributed by atoms with van der Waals surface area (Å²) in [4.78, 5) is 33.2. The monoisotopic (exact) mass is 548 g/mol. The Labute approximate surface area is 222 Å². The number of morpholine rings is 1. The summed E-state index contributed by atoms with van der Waals surface area (Å²) in [6.07, 6.45) is 3.24. The molecule has 0 N–H and O–H groups in total. The molecule has 0 spiro atoms. The Kier molecular flexibility index (Phi) is 5.45. The van der Waals surface area contributed by atoms with Crippen LogP contribution in [0.4, 0.5) is 4.79 Å². The lowest BCUT2D eigenvalue weighted by Gasteiger charge is -2.55. The lowest BCUT2D eigenvalue weighted by atomic mass is 9.88. The van der Waals surface area contributed by atoms with Crippen LogP contribution in [0.15, 0.2) is 29.2 Å². The lowest BCUT2D eigenvalue weighted by Crippen LogP contribution is -2.71. The molecule has 2 amide bonds. The molecule has 5 aliphatic heterocycles. The zero-order chi connectivity index (χ0) is 25.7. The van der Waals surface area contributed by atoms with Crippen molar-refractivity contribution in [2.45, 2.75) is 60.3 Å². The number of ether oxygens (including phenoxy) is 2. The van der Waals surface area contributed by atoms with Crippen LogP contribution in [0.2, 0.25) is 5.02 Å². The highest BCUT2D eigenvalue weighted by atomic mass is 35.5. The summed E-state index contributed by atoms with van der Waals surface area (Å²) in [6.45, 7) is 2.38. The van der Waals surface area contributed by atoms with E-state index in [0.717, 1.165) is 29.0 Å². The third-order valence-electron chi connectivity index (χ3n) is 8.91. The molecule has 11 heteroatoms. The van der Waals surface area contributed by atoms with Gasteiger partial charge in [0.25, 0.3) is 0 Å². The fraction of sp³-hybridized carbons (Fsp3) is 0.654. The first-order chi connectivity index (χ1) is 17.7. The Morgan fingerprint density at radius 2 is 1.86 bits per heavy atom. The maximum Gasteiger partial charge on any atom is 0.411 e. The molecule has 0 aromatic heterocycles. The molecule has 2 bridgehead atoms. The number of piperazine rings is 1. The molecule has 1 aromatic carbocycles. The molecule has 6 fully saturated rings. The molecule has 4 unspecified atom stereocenters. The third-order valence-corrected chi connectivity index (χ3v) is 12.4. The van der Waals surface area contributed by atoms with Gasteiger partial charge in [0.1, 0.15) is 0 Å². The lowest BCUT2D eigenvalue weighted by molar-refractivity contribution is -0.143. The van der Waals surface area contributed by atoms with Crippen LogP contribution in [0, 0.1) is 5.92 Å². The number of carbonyl (C=O) groups is 2. The summed E-state index contributed by atoms with van der Waals surface area (Å²) in [5.74, 6) is 0.547. The molecule has 7 aliphatic rings. The van der Waals surface area contributed by atoms with Crippen LogP contribution in [0.1, 0.15) is 25.7 Å². The van der Waals surface area contributed by atoms with Crippen LogP contribution in [0.5, 0.6) is 0 Å². The maximum atomic E-state index is 15.0. The normalized spacial score (nSPS) is 38.2. The molecule has 200 valence electrons. The Morgan fingerprint density at radius 1 is 1.16 bits per heavy atom. The molecule has 5 heterocycles. The van der Waals surface area contributed by atoms with Gasteiger partial charge in [-0.2, -0.15) is 0 Å². The van der Waals surface area contributed by atoms with Gasteiger partial charge in [0.2, 0.25) is 5.91 Å². The highest BCUT2D eigenvalue weighted by Crippen LogP contribution is 2.56. The van der Waals surface area contributed by atoms with Crippen molar-refractivity contribution in [3.63, 3.8) is 0 Å². The zero-order valence-electron chi connectivity index (χ0n) is 21.2. The topological polar surface area (TPSA) is 82.6 Å². The van der Waals surface area contributed by atoms with Crippen molar-refractivity contribution in [3.8, 4) is 0 Å². The van der Waals surface area contributed by atoms with Gasteiger partial charge in [-0.1, -0.05) is 11.6 Å². The number of likely N-dealkylation sites (N-methyl/N-ethyl adjacent to an activating group) is 1. The van der Waals surface area contributed by atoms with E-state index in [1.54, 1.807) is 17.0 Å². The van der Waals surface area contributed by atoms with E-state index in [1.165, 1.54) is 0 Å². The number of carbonyl (C=O) groups excluding carboxylic acids is 2. The molecule has 2 aliphatic carbocycles. The van der Waals surface area contributed by atoms with Crippen molar-refractivity contribution in [3.05, 3.63) is 29.3 Å². The molecular weight excluding hydrogens is 516 g/mol. The fourth-order valence-electron chi connectivity index (χ4n) is 6.91. The van der Waals surface area contributed by atoms with Crippen molar-refractivity contribution < 1.29 is 23.3 Å². The molecule has 6 atom stereocenters. The Balaban J connectivity index is 1.16. The molecule has 37 heavy (non-hydrogen) atoms. The summed E-state index contributed by atoms with van der Waals surface area (Å²) in [6, 6.07) is 7.00. The summed E-state index contributed by atoms with van der Waals surface area (Å²) >= 11 is 6.16. The predicted molar refractivity (Wildman–Crippen MR) is 139 cm³/mol. The number of rotatable bonds is 5. The van der Waals surface area contributed by atoms with Crippen LogP contribution in [-0.4, -0.2) is 117 Å². The van der Waals surface area contributed by atoms with Crippen molar-refractivity contribution in [1.29, 1.82) is 0 Å². The summed E-state index contributed by atoms with van der Waals surface area (Å²) in [5.41, 5.74) is -0.883. The minimum atomic E-state index is -2.72. The van der Waals surface area contributed by atoms with E-state index in [0.29, 0.717) is 50.2 Å². The fourth-order valence-corrected chi connectivity index (χ4v) is 10.6. The van der Waals surface area contributed by atoms with Crippen LogP contribution in [-0.2, 0) is 24.0 Å². The highest BCUT2D eigenvalue weighted by Gasteiger charge is 2.73. The molecular formula is C26H33ClN4O5S. The van der Waals surface area contributed by atoms with Crippen LogP contribution < -0.4 is 0 Å². The van der Waals surface area contributed by atoms with Gasteiger partial charge in [0.15, 0.2) is 5.60 Å². The van der Waals surface area contributed by atoms with Crippen LogP contribution in [0.25, 0.3) is 0 Å². The maximum absolute atomic E-state index is 15.0. The van der Waals surface area contributed by atoms with E-state index in [-0.39, 0.29) is 36.2 Å². The number of fused-ring (bicyclic) bond motifs is 5. The average Bonchev–Trinajstić information content (AvgIpc) is 3.78. The minimum absolute atomic E-state index is 0.0316. The number of halogens is 1. The number of hydrogen-bond acceptors (Lipinski definition) is 6. The molecule has 1 aromatic rings. The smallest absolute Gasteiger partial charge is 0.411 e.